The fourth-order valence-electron chi connectivity index (χ4n) is 3.35. The average molecular weight is 376 g/mol. The average Bonchev–Trinajstić information content (AvgIpc) is 2.96. The lowest BCUT2D eigenvalue weighted by Crippen LogP contribution is -2.36. The largest absolute Gasteiger partial charge is 0.490 e. The Kier molecular flexibility index (Phi) is 5.15. The Morgan fingerprint density at radius 3 is 2.68 bits per heavy atom. The van der Waals surface area contributed by atoms with E-state index in [4.69, 9.17) is 9.47 Å². The number of fused-ring (bicyclic) bond motifs is 2. The molecule has 0 aliphatic carbocycles. The Bertz CT molecular complexity index is 1000. The van der Waals surface area contributed by atoms with E-state index in [1.165, 1.54) is 0 Å². The van der Waals surface area contributed by atoms with E-state index in [0.717, 1.165) is 22.9 Å². The minimum absolute atomic E-state index is 0.0289. The summed E-state index contributed by atoms with van der Waals surface area (Å²) >= 11 is 0. The predicted molar refractivity (Wildman–Crippen MR) is 109 cm³/mol. The molecule has 1 amide bonds. The van der Waals surface area contributed by atoms with Gasteiger partial charge in [0.1, 0.15) is 0 Å². The summed E-state index contributed by atoms with van der Waals surface area (Å²) < 4.78 is 11.4. The van der Waals surface area contributed by atoms with Crippen molar-refractivity contribution in [3.05, 3.63) is 65.9 Å². The van der Waals surface area contributed by atoms with Gasteiger partial charge in [0.2, 0.25) is 0 Å². The van der Waals surface area contributed by atoms with Crippen LogP contribution in [0.5, 0.6) is 11.5 Å². The monoisotopic (exact) mass is 376 g/mol. The quantitative estimate of drug-likeness (QED) is 0.675. The van der Waals surface area contributed by atoms with E-state index in [1.807, 2.05) is 61.3 Å². The summed E-state index contributed by atoms with van der Waals surface area (Å²) in [6.45, 7) is 5.78. The van der Waals surface area contributed by atoms with Crippen LogP contribution in [0.15, 0.2) is 54.7 Å². The summed E-state index contributed by atoms with van der Waals surface area (Å²) in [5, 5.41) is 1.08. The van der Waals surface area contributed by atoms with Gasteiger partial charge in [0, 0.05) is 36.2 Å². The van der Waals surface area contributed by atoms with Crippen LogP contribution in [0.25, 0.3) is 10.9 Å². The number of para-hydroxylation sites is 1. The van der Waals surface area contributed by atoms with Crippen LogP contribution in [0.3, 0.4) is 0 Å². The lowest BCUT2D eigenvalue weighted by molar-refractivity contribution is 0.0690. The summed E-state index contributed by atoms with van der Waals surface area (Å²) in [6.07, 6.45) is 2.68. The molecule has 28 heavy (non-hydrogen) atoms. The molecule has 0 atom stereocenters. The first-order valence-electron chi connectivity index (χ1n) is 9.66. The highest BCUT2D eigenvalue weighted by Gasteiger charge is 2.21. The van der Waals surface area contributed by atoms with Gasteiger partial charge in [-0.2, -0.15) is 0 Å². The number of amides is 1. The third-order valence-corrected chi connectivity index (χ3v) is 4.88. The topological polar surface area (TPSA) is 51.7 Å². The van der Waals surface area contributed by atoms with Crippen LogP contribution in [-0.4, -0.2) is 35.0 Å². The highest BCUT2D eigenvalue weighted by Crippen LogP contribution is 2.31. The van der Waals surface area contributed by atoms with Crippen LogP contribution >= 0.6 is 0 Å². The standard InChI is InChI=1S/C23H24N2O3/c1-16(2)25(15-17-12-18-6-3-4-7-20(18)24-14-17)23(26)19-8-9-21-22(13-19)28-11-5-10-27-21/h3-4,6-9,12-14,16H,5,10-11,15H2,1-2H3. The number of nitrogens with zero attached hydrogens (tertiary/aromatic N) is 2. The minimum atomic E-state index is -0.0289. The van der Waals surface area contributed by atoms with Crippen molar-refractivity contribution in [3.63, 3.8) is 0 Å². The third-order valence-electron chi connectivity index (χ3n) is 4.88. The molecule has 1 aromatic heterocycles. The molecule has 5 nitrogen and oxygen atoms in total. The van der Waals surface area contributed by atoms with Gasteiger partial charge in [0.15, 0.2) is 11.5 Å². The second kappa shape index (κ2) is 7.89. The summed E-state index contributed by atoms with van der Waals surface area (Å²) in [6, 6.07) is 15.6. The molecule has 0 unspecified atom stereocenters. The first kappa shape index (κ1) is 18.3. The maximum absolute atomic E-state index is 13.2. The summed E-state index contributed by atoms with van der Waals surface area (Å²) in [4.78, 5) is 19.6. The zero-order valence-corrected chi connectivity index (χ0v) is 16.2. The molecule has 0 N–H and O–H groups in total. The summed E-state index contributed by atoms with van der Waals surface area (Å²) in [5.74, 6) is 1.31. The molecular weight excluding hydrogens is 352 g/mol. The lowest BCUT2D eigenvalue weighted by Gasteiger charge is -2.27. The van der Waals surface area contributed by atoms with Crippen LogP contribution in [-0.2, 0) is 6.54 Å². The summed E-state index contributed by atoms with van der Waals surface area (Å²) in [5.41, 5.74) is 2.57. The van der Waals surface area contributed by atoms with Crippen molar-refractivity contribution in [2.45, 2.75) is 32.9 Å². The molecule has 2 heterocycles. The lowest BCUT2D eigenvalue weighted by atomic mass is 10.1. The Morgan fingerprint density at radius 2 is 1.86 bits per heavy atom. The molecule has 2 aromatic carbocycles. The number of carbonyl (C=O) groups excluding carboxylic acids is 1. The van der Waals surface area contributed by atoms with Gasteiger partial charge in [0.05, 0.1) is 18.7 Å². The molecule has 0 spiro atoms. The highest BCUT2D eigenvalue weighted by atomic mass is 16.5. The molecule has 1 aliphatic heterocycles. The molecule has 0 bridgehead atoms. The Hall–Kier alpha value is -3.08. The van der Waals surface area contributed by atoms with Crippen LogP contribution < -0.4 is 9.47 Å². The SMILES string of the molecule is CC(C)N(Cc1cnc2ccccc2c1)C(=O)c1ccc2c(c1)OCCCO2. The van der Waals surface area contributed by atoms with Crippen molar-refractivity contribution in [1.29, 1.82) is 0 Å². The number of hydrogen-bond donors (Lipinski definition) is 0. The van der Waals surface area contributed by atoms with Crippen LogP contribution in [0, 0.1) is 0 Å². The van der Waals surface area contributed by atoms with Crippen molar-refractivity contribution in [3.8, 4) is 11.5 Å². The van der Waals surface area contributed by atoms with E-state index in [9.17, 15) is 4.79 Å². The van der Waals surface area contributed by atoms with Crippen molar-refractivity contribution < 1.29 is 14.3 Å². The van der Waals surface area contributed by atoms with Gasteiger partial charge in [-0.25, -0.2) is 0 Å². The van der Waals surface area contributed by atoms with E-state index in [0.29, 0.717) is 36.8 Å². The summed E-state index contributed by atoms with van der Waals surface area (Å²) in [7, 11) is 0. The number of ether oxygens (including phenoxy) is 2. The van der Waals surface area contributed by atoms with Gasteiger partial charge in [0.25, 0.3) is 5.91 Å². The molecule has 3 aromatic rings. The van der Waals surface area contributed by atoms with Gasteiger partial charge in [-0.3, -0.25) is 9.78 Å². The maximum atomic E-state index is 13.2. The molecule has 1 aliphatic rings. The third kappa shape index (κ3) is 3.79. The Labute approximate surface area is 164 Å². The van der Waals surface area contributed by atoms with Gasteiger partial charge in [-0.1, -0.05) is 18.2 Å². The van der Waals surface area contributed by atoms with Gasteiger partial charge >= 0.3 is 0 Å². The predicted octanol–water partition coefficient (Wildman–Crippen LogP) is 4.45. The van der Waals surface area contributed by atoms with Crippen LogP contribution in [0.1, 0.15) is 36.2 Å². The first-order chi connectivity index (χ1) is 13.6. The number of carbonyl (C=O) groups is 1. The van der Waals surface area contributed by atoms with Gasteiger partial charge in [-0.15, -0.1) is 0 Å². The number of rotatable bonds is 4. The van der Waals surface area contributed by atoms with Crippen molar-refractivity contribution in [2.24, 2.45) is 0 Å². The normalized spacial score (nSPS) is 13.4. The van der Waals surface area contributed by atoms with Crippen LogP contribution in [0.4, 0.5) is 0 Å². The molecule has 5 heteroatoms. The first-order valence-corrected chi connectivity index (χ1v) is 9.66. The number of pyridine rings is 1. The molecular formula is C23H24N2O3. The zero-order valence-electron chi connectivity index (χ0n) is 16.2. The van der Waals surface area contributed by atoms with Gasteiger partial charge < -0.3 is 14.4 Å². The second-order valence-electron chi connectivity index (χ2n) is 7.28. The molecule has 0 radical (unpaired) electrons. The zero-order chi connectivity index (χ0) is 19.5. The number of benzene rings is 2. The second-order valence-corrected chi connectivity index (χ2v) is 7.28. The van der Waals surface area contributed by atoms with Gasteiger partial charge in [-0.05, 0) is 49.7 Å². The fraction of sp³-hybridized carbons (Fsp3) is 0.304. The van der Waals surface area contributed by atoms with Crippen molar-refractivity contribution >= 4 is 16.8 Å². The van der Waals surface area contributed by atoms with E-state index < -0.39 is 0 Å². The number of hydrogen-bond acceptors (Lipinski definition) is 4. The maximum Gasteiger partial charge on any atom is 0.254 e. The fourth-order valence-corrected chi connectivity index (χ4v) is 3.35. The smallest absolute Gasteiger partial charge is 0.254 e. The van der Waals surface area contributed by atoms with E-state index in [-0.39, 0.29) is 11.9 Å². The van der Waals surface area contributed by atoms with Crippen molar-refractivity contribution in [2.75, 3.05) is 13.2 Å². The Morgan fingerprint density at radius 1 is 1.07 bits per heavy atom. The van der Waals surface area contributed by atoms with Crippen LogP contribution in [0.2, 0.25) is 0 Å². The van der Waals surface area contributed by atoms with Crippen molar-refractivity contribution in [1.82, 2.24) is 9.88 Å². The molecule has 0 saturated carbocycles. The minimum Gasteiger partial charge on any atom is -0.490 e. The van der Waals surface area contributed by atoms with E-state index in [2.05, 4.69) is 11.1 Å². The molecule has 0 saturated heterocycles. The number of aromatic nitrogens is 1. The molecule has 144 valence electrons. The Balaban J connectivity index is 1.60. The van der Waals surface area contributed by atoms with E-state index >= 15 is 0 Å². The highest BCUT2D eigenvalue weighted by molar-refractivity contribution is 5.95. The van der Waals surface area contributed by atoms with E-state index in [1.54, 1.807) is 6.07 Å². The molecule has 4 rings (SSSR count). The molecule has 0 fully saturated rings.